The van der Waals surface area contributed by atoms with Crippen molar-refractivity contribution >= 4 is 11.8 Å². The van der Waals surface area contributed by atoms with Gasteiger partial charge in [-0.3, -0.25) is 19.3 Å². The number of nitrogens with one attached hydrogen (secondary N) is 1. The van der Waals surface area contributed by atoms with E-state index in [0.29, 0.717) is 26.1 Å². The van der Waals surface area contributed by atoms with Crippen LogP contribution in [-0.4, -0.2) is 38.0 Å². The Bertz CT molecular complexity index is 784. The van der Waals surface area contributed by atoms with Crippen molar-refractivity contribution < 1.29 is 9.59 Å². The monoisotopic (exact) mass is 353 g/mol. The largest absolute Gasteiger partial charge is 0.350 e. The molecule has 2 aliphatic rings. The Morgan fingerprint density at radius 3 is 2.81 bits per heavy atom. The summed E-state index contributed by atoms with van der Waals surface area (Å²) in [4.78, 5) is 31.2. The lowest BCUT2D eigenvalue weighted by Crippen LogP contribution is -2.46. The Labute approximate surface area is 152 Å². The van der Waals surface area contributed by atoms with Crippen molar-refractivity contribution in [3.05, 3.63) is 48.0 Å². The molecule has 7 heteroatoms. The van der Waals surface area contributed by atoms with Crippen LogP contribution in [0.1, 0.15) is 43.1 Å². The molecule has 0 saturated heterocycles. The molecule has 7 nitrogen and oxygen atoms in total. The van der Waals surface area contributed by atoms with E-state index in [0.717, 1.165) is 30.7 Å². The Balaban J connectivity index is 1.39. The van der Waals surface area contributed by atoms with Crippen LogP contribution in [0.5, 0.6) is 0 Å². The molecule has 1 N–H and O–H groups in total. The van der Waals surface area contributed by atoms with E-state index in [9.17, 15) is 9.59 Å². The zero-order chi connectivity index (χ0) is 17.9. The van der Waals surface area contributed by atoms with E-state index in [4.69, 9.17) is 0 Å². The van der Waals surface area contributed by atoms with Crippen LogP contribution < -0.4 is 5.32 Å². The maximum atomic E-state index is 12.6. The van der Waals surface area contributed by atoms with Crippen molar-refractivity contribution in [3.8, 4) is 0 Å². The molecule has 0 radical (unpaired) electrons. The topological polar surface area (TPSA) is 80.1 Å². The molecule has 2 amide bonds. The number of rotatable bonds is 5. The Hall–Kier alpha value is -2.70. The summed E-state index contributed by atoms with van der Waals surface area (Å²) in [6, 6.07) is 7.43. The number of carbonyl (C=O) groups is 2. The van der Waals surface area contributed by atoms with Crippen LogP contribution >= 0.6 is 0 Å². The van der Waals surface area contributed by atoms with Crippen molar-refractivity contribution in [1.29, 1.82) is 0 Å². The van der Waals surface area contributed by atoms with E-state index in [1.165, 1.54) is 0 Å². The fourth-order valence-electron chi connectivity index (χ4n) is 3.60. The van der Waals surface area contributed by atoms with Gasteiger partial charge in [0, 0.05) is 24.9 Å². The van der Waals surface area contributed by atoms with Gasteiger partial charge in [0.1, 0.15) is 0 Å². The van der Waals surface area contributed by atoms with Gasteiger partial charge >= 0.3 is 0 Å². The van der Waals surface area contributed by atoms with Gasteiger partial charge < -0.3 is 10.2 Å². The predicted molar refractivity (Wildman–Crippen MR) is 94.7 cm³/mol. The van der Waals surface area contributed by atoms with Gasteiger partial charge in [-0.25, -0.2) is 0 Å². The molecule has 4 rings (SSSR count). The average Bonchev–Trinajstić information content (AvgIpc) is 3.08. The second-order valence-corrected chi connectivity index (χ2v) is 7.07. The summed E-state index contributed by atoms with van der Waals surface area (Å²) in [5, 5.41) is 7.28. The van der Waals surface area contributed by atoms with Crippen molar-refractivity contribution in [2.24, 2.45) is 5.92 Å². The van der Waals surface area contributed by atoms with Crippen LogP contribution in [0.3, 0.4) is 0 Å². The Morgan fingerprint density at radius 1 is 1.19 bits per heavy atom. The first kappa shape index (κ1) is 16.8. The molecule has 1 saturated carbocycles. The summed E-state index contributed by atoms with van der Waals surface area (Å²) in [6.07, 6.45) is 6.87. The normalized spacial score (nSPS) is 19.5. The smallest absolute Gasteiger partial charge is 0.226 e. The van der Waals surface area contributed by atoms with Crippen LogP contribution in [0.15, 0.2) is 36.7 Å². The summed E-state index contributed by atoms with van der Waals surface area (Å²) >= 11 is 0. The number of hydrogen-bond donors (Lipinski definition) is 1. The number of fused-ring (bicyclic) bond motifs is 1. The van der Waals surface area contributed by atoms with E-state index in [1.807, 2.05) is 33.8 Å². The molecule has 0 spiro atoms. The van der Waals surface area contributed by atoms with E-state index in [2.05, 4.69) is 15.4 Å². The fourth-order valence-corrected chi connectivity index (χ4v) is 3.60. The van der Waals surface area contributed by atoms with Crippen molar-refractivity contribution in [1.82, 2.24) is 25.0 Å². The minimum Gasteiger partial charge on any atom is -0.350 e. The van der Waals surface area contributed by atoms with Gasteiger partial charge in [-0.1, -0.05) is 12.5 Å². The van der Waals surface area contributed by atoms with Gasteiger partial charge in [0.25, 0.3) is 0 Å². The fraction of sp³-hybridized carbons (Fsp3) is 0.474. The highest BCUT2D eigenvalue weighted by Gasteiger charge is 2.35. The summed E-state index contributed by atoms with van der Waals surface area (Å²) in [7, 11) is 0. The maximum Gasteiger partial charge on any atom is 0.226 e. The van der Waals surface area contributed by atoms with E-state index in [1.54, 1.807) is 12.4 Å². The lowest BCUT2D eigenvalue weighted by Gasteiger charge is -2.37. The summed E-state index contributed by atoms with van der Waals surface area (Å²) < 4.78 is 1.89. The molecule has 136 valence electrons. The number of hydrogen-bond acceptors (Lipinski definition) is 4. The summed E-state index contributed by atoms with van der Waals surface area (Å²) in [6.45, 7) is 1.53. The first-order chi connectivity index (χ1) is 12.7. The zero-order valence-electron chi connectivity index (χ0n) is 14.7. The SMILES string of the molecule is O=C(CC1CN(C(=O)C2CCC2)Cc2ccnn21)NCc1ccccn1. The minimum absolute atomic E-state index is 0.0555. The molecule has 2 aromatic rings. The summed E-state index contributed by atoms with van der Waals surface area (Å²) in [5.74, 6) is 0.339. The standard InChI is InChI=1S/C19H23N5O2/c25-18(21-11-15-6-1-2-8-20-15)10-17-13-23(19(26)14-4-3-5-14)12-16-7-9-22-24(16)17/h1-2,6-9,14,17H,3-5,10-13H2,(H,21,25). The third kappa shape index (κ3) is 3.47. The quantitative estimate of drug-likeness (QED) is 0.887. The number of amides is 2. The Morgan fingerprint density at radius 2 is 2.08 bits per heavy atom. The molecule has 3 heterocycles. The molecular weight excluding hydrogens is 330 g/mol. The lowest BCUT2D eigenvalue weighted by atomic mass is 9.84. The lowest BCUT2D eigenvalue weighted by molar-refractivity contribution is -0.141. The predicted octanol–water partition coefficient (Wildman–Crippen LogP) is 1.67. The molecule has 1 unspecified atom stereocenters. The maximum absolute atomic E-state index is 12.6. The van der Waals surface area contributed by atoms with Crippen molar-refractivity contribution in [3.63, 3.8) is 0 Å². The van der Waals surface area contributed by atoms with Crippen LogP contribution in [0.25, 0.3) is 0 Å². The van der Waals surface area contributed by atoms with Crippen LogP contribution in [0.4, 0.5) is 0 Å². The molecule has 1 aliphatic carbocycles. The first-order valence-electron chi connectivity index (χ1n) is 9.18. The van der Waals surface area contributed by atoms with Gasteiger partial charge in [-0.15, -0.1) is 0 Å². The molecule has 0 bridgehead atoms. The van der Waals surface area contributed by atoms with E-state index in [-0.39, 0.29) is 23.8 Å². The van der Waals surface area contributed by atoms with Crippen LogP contribution in [-0.2, 0) is 22.7 Å². The average molecular weight is 353 g/mol. The molecule has 0 aromatic carbocycles. The Kier molecular flexibility index (Phi) is 4.69. The van der Waals surface area contributed by atoms with Crippen LogP contribution in [0.2, 0.25) is 0 Å². The van der Waals surface area contributed by atoms with Gasteiger partial charge in [-0.2, -0.15) is 5.10 Å². The molecular formula is C19H23N5O2. The molecule has 1 fully saturated rings. The second kappa shape index (κ2) is 7.27. The first-order valence-corrected chi connectivity index (χ1v) is 9.18. The molecule has 2 aromatic heterocycles. The molecule has 1 aliphatic heterocycles. The highest BCUT2D eigenvalue weighted by atomic mass is 16.2. The zero-order valence-corrected chi connectivity index (χ0v) is 14.7. The molecule has 26 heavy (non-hydrogen) atoms. The molecule has 1 atom stereocenters. The number of carbonyl (C=O) groups excluding carboxylic acids is 2. The second-order valence-electron chi connectivity index (χ2n) is 7.07. The van der Waals surface area contributed by atoms with Gasteiger partial charge in [-0.05, 0) is 31.0 Å². The van der Waals surface area contributed by atoms with Crippen molar-refractivity contribution in [2.45, 2.75) is 44.8 Å². The number of nitrogens with zero attached hydrogens (tertiary/aromatic N) is 4. The third-order valence-corrected chi connectivity index (χ3v) is 5.26. The highest BCUT2D eigenvalue weighted by Crippen LogP contribution is 2.31. The van der Waals surface area contributed by atoms with Crippen molar-refractivity contribution in [2.75, 3.05) is 6.54 Å². The van der Waals surface area contributed by atoms with Gasteiger partial charge in [0.2, 0.25) is 11.8 Å². The van der Waals surface area contributed by atoms with Crippen LogP contribution in [0, 0.1) is 5.92 Å². The highest BCUT2D eigenvalue weighted by molar-refractivity contribution is 5.80. The van der Waals surface area contributed by atoms with E-state index < -0.39 is 0 Å². The minimum atomic E-state index is -0.124. The van der Waals surface area contributed by atoms with Gasteiger partial charge in [0.05, 0.1) is 36.9 Å². The third-order valence-electron chi connectivity index (χ3n) is 5.26. The summed E-state index contributed by atoms with van der Waals surface area (Å²) in [5.41, 5.74) is 1.82. The van der Waals surface area contributed by atoms with Gasteiger partial charge in [0.15, 0.2) is 0 Å². The number of pyridine rings is 1. The number of aromatic nitrogens is 3. The van der Waals surface area contributed by atoms with E-state index >= 15 is 0 Å².